The van der Waals surface area contributed by atoms with Crippen molar-refractivity contribution in [1.82, 2.24) is 15.0 Å². The van der Waals surface area contributed by atoms with Crippen molar-refractivity contribution in [3.63, 3.8) is 0 Å². The summed E-state index contributed by atoms with van der Waals surface area (Å²) in [6.07, 6.45) is 1.12. The summed E-state index contributed by atoms with van der Waals surface area (Å²) in [4.78, 5) is 12.3. The molecule has 98 valence electrons. The fourth-order valence-electron chi connectivity index (χ4n) is 1.98. The minimum absolute atomic E-state index is 0.246. The second kappa shape index (κ2) is 5.06. The van der Waals surface area contributed by atoms with Gasteiger partial charge in [-0.15, -0.1) is 0 Å². The van der Waals surface area contributed by atoms with Crippen LogP contribution >= 0.6 is 0 Å². The van der Waals surface area contributed by atoms with E-state index in [1.807, 2.05) is 26.8 Å². The molecule has 0 fully saturated rings. The summed E-state index contributed by atoms with van der Waals surface area (Å²) in [5.74, 6) is 1.21. The van der Waals surface area contributed by atoms with E-state index in [1.54, 1.807) is 0 Å². The van der Waals surface area contributed by atoms with Crippen LogP contribution in [0.4, 0.5) is 0 Å². The van der Waals surface area contributed by atoms with Crippen LogP contribution < -0.4 is 0 Å². The molecular weight excluding hydrogens is 226 g/mol. The topological polar surface area (TPSA) is 61.8 Å². The Bertz CT molecular complexity index is 545. The highest BCUT2D eigenvalue weighted by Gasteiger charge is 2.13. The normalized spacial score (nSPS) is 13.4. The van der Waals surface area contributed by atoms with Gasteiger partial charge in [0.15, 0.2) is 5.65 Å². The zero-order valence-electron chi connectivity index (χ0n) is 11.5. The molecule has 0 spiro atoms. The molecule has 4 nitrogen and oxygen atoms in total. The lowest BCUT2D eigenvalue weighted by Crippen LogP contribution is -2.18. The van der Waals surface area contributed by atoms with Crippen LogP contribution in [0.5, 0.6) is 0 Å². The molecule has 2 rings (SSSR count). The van der Waals surface area contributed by atoms with Gasteiger partial charge >= 0.3 is 0 Å². The number of fused-ring (bicyclic) bond motifs is 1. The molecule has 0 bridgehead atoms. The van der Waals surface area contributed by atoms with E-state index in [0.29, 0.717) is 6.42 Å². The second-order valence-electron chi connectivity index (χ2n) is 5.18. The third-order valence-electron chi connectivity index (χ3n) is 3.27. The van der Waals surface area contributed by atoms with Gasteiger partial charge in [0.25, 0.3) is 0 Å². The van der Waals surface area contributed by atoms with Crippen LogP contribution in [-0.4, -0.2) is 26.2 Å². The highest BCUT2D eigenvalue weighted by atomic mass is 16.3. The van der Waals surface area contributed by atoms with Crippen LogP contribution in [0.15, 0.2) is 6.07 Å². The number of rotatable bonds is 4. The summed E-state index contributed by atoms with van der Waals surface area (Å²) >= 11 is 0. The van der Waals surface area contributed by atoms with Gasteiger partial charge in [-0.05, 0) is 24.5 Å². The van der Waals surface area contributed by atoms with Crippen LogP contribution in [-0.2, 0) is 12.8 Å². The molecule has 2 N–H and O–H groups in total. The molecule has 0 aromatic carbocycles. The molecule has 2 heterocycles. The van der Waals surface area contributed by atoms with Crippen molar-refractivity contribution in [1.29, 1.82) is 0 Å². The standard InChI is InChI=1S/C14H21N3O/c1-5-12-16-13-9(4)6-10(15-14(13)17-12)7-11(18)8(2)3/h6,8,11,18H,5,7H2,1-4H3,(H,15,16,17). The lowest BCUT2D eigenvalue weighted by molar-refractivity contribution is 0.125. The third-order valence-corrected chi connectivity index (χ3v) is 3.27. The summed E-state index contributed by atoms with van der Waals surface area (Å²) in [6.45, 7) is 8.13. The van der Waals surface area contributed by atoms with E-state index in [-0.39, 0.29) is 12.0 Å². The number of nitrogens with one attached hydrogen (secondary N) is 1. The van der Waals surface area contributed by atoms with E-state index in [0.717, 1.165) is 34.7 Å². The van der Waals surface area contributed by atoms with Gasteiger partial charge in [0, 0.05) is 18.5 Å². The van der Waals surface area contributed by atoms with Gasteiger partial charge in [-0.3, -0.25) is 0 Å². The van der Waals surface area contributed by atoms with Crippen LogP contribution in [0.25, 0.3) is 11.2 Å². The molecule has 0 aliphatic heterocycles. The molecule has 0 aliphatic carbocycles. The van der Waals surface area contributed by atoms with Crippen molar-refractivity contribution < 1.29 is 5.11 Å². The first-order valence-corrected chi connectivity index (χ1v) is 6.54. The molecule has 0 saturated heterocycles. The number of aliphatic hydroxyl groups excluding tert-OH is 1. The van der Waals surface area contributed by atoms with Crippen LogP contribution in [0.3, 0.4) is 0 Å². The maximum Gasteiger partial charge on any atom is 0.157 e. The highest BCUT2D eigenvalue weighted by Crippen LogP contribution is 2.18. The van der Waals surface area contributed by atoms with E-state index in [4.69, 9.17) is 0 Å². The quantitative estimate of drug-likeness (QED) is 0.872. The van der Waals surface area contributed by atoms with E-state index in [2.05, 4.69) is 21.9 Å². The number of hydrogen-bond acceptors (Lipinski definition) is 3. The summed E-state index contributed by atoms with van der Waals surface area (Å²) in [5, 5.41) is 9.93. The Balaban J connectivity index is 2.36. The summed E-state index contributed by atoms with van der Waals surface area (Å²) in [6, 6.07) is 2.02. The molecule has 4 heteroatoms. The largest absolute Gasteiger partial charge is 0.392 e. The average Bonchev–Trinajstić information content (AvgIpc) is 2.72. The van der Waals surface area contributed by atoms with E-state index in [1.165, 1.54) is 0 Å². The number of aromatic amines is 1. The zero-order valence-corrected chi connectivity index (χ0v) is 11.5. The number of aromatic nitrogens is 3. The lowest BCUT2D eigenvalue weighted by atomic mass is 10.0. The molecule has 2 aromatic rings. The predicted octanol–water partition coefficient (Wildman–Crippen LogP) is 2.39. The minimum atomic E-state index is -0.345. The number of H-pyrrole nitrogens is 1. The van der Waals surface area contributed by atoms with Crippen molar-refractivity contribution in [3.05, 3.63) is 23.1 Å². The van der Waals surface area contributed by atoms with Gasteiger partial charge in [0.2, 0.25) is 0 Å². The van der Waals surface area contributed by atoms with Crippen molar-refractivity contribution in [2.75, 3.05) is 0 Å². The van der Waals surface area contributed by atoms with Gasteiger partial charge in [0.1, 0.15) is 11.3 Å². The first kappa shape index (κ1) is 13.0. The molecule has 1 atom stereocenters. The minimum Gasteiger partial charge on any atom is -0.392 e. The van der Waals surface area contributed by atoms with Gasteiger partial charge < -0.3 is 10.1 Å². The Morgan fingerprint density at radius 3 is 2.67 bits per heavy atom. The summed E-state index contributed by atoms with van der Waals surface area (Å²) in [7, 11) is 0. The number of hydrogen-bond donors (Lipinski definition) is 2. The fourth-order valence-corrected chi connectivity index (χ4v) is 1.98. The maximum atomic E-state index is 9.93. The summed E-state index contributed by atoms with van der Waals surface area (Å²) in [5.41, 5.74) is 3.81. The number of pyridine rings is 1. The monoisotopic (exact) mass is 247 g/mol. The van der Waals surface area contributed by atoms with Gasteiger partial charge in [-0.25, -0.2) is 9.97 Å². The number of aliphatic hydroxyl groups is 1. The molecular formula is C14H21N3O. The van der Waals surface area contributed by atoms with E-state index >= 15 is 0 Å². The molecule has 0 saturated carbocycles. The van der Waals surface area contributed by atoms with Crippen molar-refractivity contribution >= 4 is 11.2 Å². The number of nitrogens with zero attached hydrogens (tertiary/aromatic N) is 2. The second-order valence-corrected chi connectivity index (χ2v) is 5.18. The SMILES string of the molecule is CCc1nc2c(C)cc(CC(O)C(C)C)nc2[nH]1. The maximum absolute atomic E-state index is 9.93. The first-order chi connectivity index (χ1) is 8.51. The van der Waals surface area contributed by atoms with E-state index in [9.17, 15) is 5.11 Å². The molecule has 18 heavy (non-hydrogen) atoms. The van der Waals surface area contributed by atoms with Gasteiger partial charge in [0.05, 0.1) is 6.10 Å². The Hall–Kier alpha value is -1.42. The highest BCUT2D eigenvalue weighted by molar-refractivity contribution is 5.74. The van der Waals surface area contributed by atoms with E-state index < -0.39 is 0 Å². The van der Waals surface area contributed by atoms with Crippen molar-refractivity contribution in [2.24, 2.45) is 5.92 Å². The Morgan fingerprint density at radius 1 is 1.33 bits per heavy atom. The number of aryl methyl sites for hydroxylation is 2. The molecule has 1 unspecified atom stereocenters. The Labute approximate surface area is 107 Å². The zero-order chi connectivity index (χ0) is 13.3. The van der Waals surface area contributed by atoms with Crippen LogP contribution in [0.1, 0.15) is 37.9 Å². The molecule has 2 aromatic heterocycles. The molecule has 0 aliphatic rings. The smallest absolute Gasteiger partial charge is 0.157 e. The third kappa shape index (κ3) is 2.53. The number of imidazole rings is 1. The molecule has 0 radical (unpaired) electrons. The van der Waals surface area contributed by atoms with Gasteiger partial charge in [-0.1, -0.05) is 20.8 Å². The average molecular weight is 247 g/mol. The van der Waals surface area contributed by atoms with Crippen LogP contribution in [0, 0.1) is 12.8 Å². The van der Waals surface area contributed by atoms with Crippen LogP contribution in [0.2, 0.25) is 0 Å². The Morgan fingerprint density at radius 2 is 2.06 bits per heavy atom. The Kier molecular flexibility index (Phi) is 3.66. The van der Waals surface area contributed by atoms with Crippen molar-refractivity contribution in [3.8, 4) is 0 Å². The van der Waals surface area contributed by atoms with Gasteiger partial charge in [-0.2, -0.15) is 0 Å². The molecule has 0 amide bonds. The predicted molar refractivity (Wildman–Crippen MR) is 72.6 cm³/mol. The first-order valence-electron chi connectivity index (χ1n) is 6.54. The summed E-state index contributed by atoms with van der Waals surface area (Å²) < 4.78 is 0. The lowest BCUT2D eigenvalue weighted by Gasteiger charge is -2.13. The fraction of sp³-hybridized carbons (Fsp3) is 0.571. The van der Waals surface area contributed by atoms with Crippen molar-refractivity contribution in [2.45, 2.75) is 46.6 Å².